The Balaban J connectivity index is 1.97. The number of pyridine rings is 1. The number of nitrogens with one attached hydrogen (secondary N) is 1. The smallest absolute Gasteiger partial charge is 0.0792 e. The van der Waals surface area contributed by atoms with E-state index in [1.54, 1.807) is 11.8 Å². The molecule has 0 saturated heterocycles. The van der Waals surface area contributed by atoms with Gasteiger partial charge < -0.3 is 0 Å². The Morgan fingerprint density at radius 1 is 1.19 bits per heavy atom. The van der Waals surface area contributed by atoms with Crippen molar-refractivity contribution in [3.63, 3.8) is 0 Å². The molecule has 0 aliphatic carbocycles. The van der Waals surface area contributed by atoms with Gasteiger partial charge in [-0.1, -0.05) is 6.07 Å². The molecule has 3 heterocycles. The molecule has 1 aromatic carbocycles. The van der Waals surface area contributed by atoms with Gasteiger partial charge in [0, 0.05) is 16.5 Å². The van der Waals surface area contributed by atoms with E-state index in [0.29, 0.717) is 0 Å². The molecule has 4 aromatic rings. The Labute approximate surface area is 126 Å². The van der Waals surface area contributed by atoms with Crippen LogP contribution in [0.2, 0.25) is 0 Å². The van der Waals surface area contributed by atoms with Crippen LogP contribution in [0, 0.1) is 6.92 Å². The second-order valence-electron chi connectivity index (χ2n) is 5.04. The number of aryl methyl sites for hydroxylation is 1. The molecule has 0 aliphatic rings. The largest absolute Gasteiger partial charge is 0.277 e. The summed E-state index contributed by atoms with van der Waals surface area (Å²) in [5, 5.41) is 12.9. The number of thioether (sulfide) groups is 1. The van der Waals surface area contributed by atoms with Crippen LogP contribution in [0.25, 0.3) is 27.5 Å². The van der Waals surface area contributed by atoms with E-state index in [2.05, 4.69) is 51.9 Å². The minimum Gasteiger partial charge on any atom is -0.277 e. The van der Waals surface area contributed by atoms with Crippen LogP contribution in [0.1, 0.15) is 5.69 Å². The monoisotopic (exact) mass is 294 g/mol. The van der Waals surface area contributed by atoms with E-state index in [1.807, 2.05) is 23.8 Å². The van der Waals surface area contributed by atoms with Crippen molar-refractivity contribution in [1.82, 2.24) is 19.8 Å². The summed E-state index contributed by atoms with van der Waals surface area (Å²) in [4.78, 5) is 1.22. The van der Waals surface area contributed by atoms with Crippen molar-refractivity contribution in [2.45, 2.75) is 11.8 Å². The maximum atomic E-state index is 4.42. The molecule has 0 bridgehead atoms. The van der Waals surface area contributed by atoms with E-state index in [0.717, 1.165) is 22.1 Å². The normalized spacial score (nSPS) is 11.5. The van der Waals surface area contributed by atoms with Crippen molar-refractivity contribution >= 4 is 28.2 Å². The van der Waals surface area contributed by atoms with Gasteiger partial charge in [0.2, 0.25) is 0 Å². The second-order valence-corrected chi connectivity index (χ2v) is 5.89. The van der Waals surface area contributed by atoms with E-state index in [9.17, 15) is 0 Å². The highest BCUT2D eigenvalue weighted by molar-refractivity contribution is 7.98. The molecule has 3 aromatic heterocycles. The quantitative estimate of drug-likeness (QED) is 0.570. The van der Waals surface area contributed by atoms with E-state index in [-0.39, 0.29) is 0 Å². The number of H-pyrrole nitrogens is 1. The minimum atomic E-state index is 1.03. The Morgan fingerprint density at radius 2 is 2.10 bits per heavy atom. The summed E-state index contributed by atoms with van der Waals surface area (Å²) in [5.74, 6) is 0. The van der Waals surface area contributed by atoms with Crippen molar-refractivity contribution in [2.24, 2.45) is 0 Å². The minimum absolute atomic E-state index is 1.03. The predicted molar refractivity (Wildman–Crippen MR) is 86.8 cm³/mol. The molecule has 5 heteroatoms. The molecular weight excluding hydrogens is 280 g/mol. The molecule has 0 saturated carbocycles. The van der Waals surface area contributed by atoms with Crippen LogP contribution in [0.15, 0.2) is 47.6 Å². The number of rotatable bonds is 2. The number of hydrogen-bond acceptors (Lipinski definition) is 3. The Kier molecular flexibility index (Phi) is 2.75. The van der Waals surface area contributed by atoms with Crippen LogP contribution in [0.4, 0.5) is 0 Å². The van der Waals surface area contributed by atoms with Gasteiger partial charge in [0.15, 0.2) is 0 Å². The van der Waals surface area contributed by atoms with Crippen molar-refractivity contribution < 1.29 is 0 Å². The van der Waals surface area contributed by atoms with Gasteiger partial charge in [0.05, 0.1) is 22.9 Å². The number of nitrogens with zero attached hydrogens (tertiary/aromatic N) is 3. The zero-order valence-electron chi connectivity index (χ0n) is 11.8. The Morgan fingerprint density at radius 3 is 2.95 bits per heavy atom. The predicted octanol–water partition coefficient (Wildman–Crippen LogP) is 3.91. The van der Waals surface area contributed by atoms with E-state index in [4.69, 9.17) is 0 Å². The third-order valence-corrected chi connectivity index (χ3v) is 4.47. The fraction of sp³-hybridized carbons (Fsp3) is 0.125. The first-order valence-corrected chi connectivity index (χ1v) is 7.95. The SMILES string of the molecule is CSc1ccc(-c2ccn3nc(C)cc3c2)c2cn[nH]c12. The number of benzene rings is 1. The summed E-state index contributed by atoms with van der Waals surface area (Å²) in [5.41, 5.74) is 5.61. The third kappa shape index (κ3) is 1.93. The Bertz CT molecular complexity index is 951. The maximum Gasteiger partial charge on any atom is 0.0792 e. The van der Waals surface area contributed by atoms with Crippen LogP contribution in [-0.2, 0) is 0 Å². The molecule has 4 nitrogen and oxygen atoms in total. The first-order chi connectivity index (χ1) is 10.3. The average Bonchev–Trinajstić information content (AvgIpc) is 3.10. The number of fused-ring (bicyclic) bond motifs is 2. The summed E-state index contributed by atoms with van der Waals surface area (Å²) in [6, 6.07) is 10.7. The summed E-state index contributed by atoms with van der Waals surface area (Å²) in [6.45, 7) is 2.01. The van der Waals surface area contributed by atoms with Crippen LogP contribution in [0.5, 0.6) is 0 Å². The summed E-state index contributed by atoms with van der Waals surface area (Å²) >= 11 is 1.73. The second kappa shape index (κ2) is 4.63. The molecule has 0 atom stereocenters. The third-order valence-electron chi connectivity index (χ3n) is 3.69. The van der Waals surface area contributed by atoms with Crippen molar-refractivity contribution in [3.05, 3.63) is 48.4 Å². The van der Waals surface area contributed by atoms with Gasteiger partial charge in [-0.2, -0.15) is 10.2 Å². The fourth-order valence-electron chi connectivity index (χ4n) is 2.72. The molecule has 0 fully saturated rings. The van der Waals surface area contributed by atoms with Crippen LogP contribution in [-0.4, -0.2) is 26.1 Å². The van der Waals surface area contributed by atoms with E-state index < -0.39 is 0 Å². The fourth-order valence-corrected chi connectivity index (χ4v) is 3.29. The number of aromatic amines is 1. The van der Waals surface area contributed by atoms with Gasteiger partial charge in [0.1, 0.15) is 0 Å². The van der Waals surface area contributed by atoms with E-state index >= 15 is 0 Å². The lowest BCUT2D eigenvalue weighted by atomic mass is 10.0. The van der Waals surface area contributed by atoms with Gasteiger partial charge in [-0.05, 0) is 48.6 Å². The topological polar surface area (TPSA) is 46.0 Å². The zero-order chi connectivity index (χ0) is 14.4. The molecule has 0 unspecified atom stereocenters. The Hall–Kier alpha value is -2.27. The highest BCUT2D eigenvalue weighted by Gasteiger charge is 2.10. The van der Waals surface area contributed by atoms with Crippen molar-refractivity contribution in [3.8, 4) is 11.1 Å². The highest BCUT2D eigenvalue weighted by Crippen LogP contribution is 2.33. The molecule has 0 aliphatic heterocycles. The molecule has 1 N–H and O–H groups in total. The maximum absolute atomic E-state index is 4.42. The molecular formula is C16H14N4S. The molecule has 0 amide bonds. The van der Waals surface area contributed by atoms with Gasteiger partial charge in [-0.15, -0.1) is 11.8 Å². The van der Waals surface area contributed by atoms with Crippen LogP contribution in [0.3, 0.4) is 0 Å². The summed E-state index contributed by atoms with van der Waals surface area (Å²) in [6.07, 6.45) is 5.98. The molecule has 4 rings (SSSR count). The van der Waals surface area contributed by atoms with Gasteiger partial charge in [-0.25, -0.2) is 4.52 Å². The van der Waals surface area contributed by atoms with Gasteiger partial charge in [0.25, 0.3) is 0 Å². The standard InChI is InChI=1S/C16H14N4S/c1-10-7-12-8-11(5-6-20(12)19-10)13-3-4-15(21-2)16-14(13)9-17-18-16/h3-9H,1-2H3,(H,17,18). The van der Waals surface area contributed by atoms with Gasteiger partial charge in [-0.3, -0.25) is 5.10 Å². The lowest BCUT2D eigenvalue weighted by molar-refractivity contribution is 0.935. The number of hydrogen-bond donors (Lipinski definition) is 1. The molecule has 104 valence electrons. The van der Waals surface area contributed by atoms with Gasteiger partial charge >= 0.3 is 0 Å². The summed E-state index contributed by atoms with van der Waals surface area (Å²) in [7, 11) is 0. The first-order valence-electron chi connectivity index (χ1n) is 6.73. The van der Waals surface area contributed by atoms with Crippen LogP contribution >= 0.6 is 11.8 Å². The highest BCUT2D eigenvalue weighted by atomic mass is 32.2. The zero-order valence-corrected chi connectivity index (χ0v) is 12.6. The average molecular weight is 294 g/mol. The lowest BCUT2D eigenvalue weighted by Crippen LogP contribution is -1.88. The van der Waals surface area contributed by atoms with Crippen LogP contribution < -0.4 is 0 Å². The van der Waals surface area contributed by atoms with Crippen molar-refractivity contribution in [1.29, 1.82) is 0 Å². The lowest BCUT2D eigenvalue weighted by Gasteiger charge is -2.06. The van der Waals surface area contributed by atoms with E-state index in [1.165, 1.54) is 16.0 Å². The number of aromatic nitrogens is 4. The molecule has 0 radical (unpaired) electrons. The van der Waals surface area contributed by atoms with Crippen molar-refractivity contribution in [2.75, 3.05) is 6.26 Å². The summed E-state index contributed by atoms with van der Waals surface area (Å²) < 4.78 is 1.90. The molecule has 21 heavy (non-hydrogen) atoms. The molecule has 0 spiro atoms. The first kappa shape index (κ1) is 12.5.